The van der Waals surface area contributed by atoms with Gasteiger partial charge in [0.2, 0.25) is 0 Å². The van der Waals surface area contributed by atoms with Crippen molar-refractivity contribution >= 4 is 34.4 Å². The number of ether oxygens (including phenoxy) is 1. The van der Waals surface area contributed by atoms with Crippen molar-refractivity contribution in [1.82, 2.24) is 24.8 Å². The van der Waals surface area contributed by atoms with Crippen LogP contribution in [0.1, 0.15) is 23.4 Å². The lowest BCUT2D eigenvalue weighted by atomic mass is 10.0. The Kier molecular flexibility index (Phi) is 5.81. The number of fused-ring (bicyclic) bond motifs is 1. The molecule has 9 heteroatoms. The number of nitrogens with one attached hydrogen (secondary N) is 2. The van der Waals surface area contributed by atoms with Crippen LogP contribution in [0.5, 0.6) is 5.75 Å². The highest BCUT2D eigenvalue weighted by atomic mass is 16.6. The molecule has 0 unspecified atom stereocenters. The van der Waals surface area contributed by atoms with Gasteiger partial charge in [0, 0.05) is 50.0 Å². The molecule has 0 spiro atoms. The van der Waals surface area contributed by atoms with Crippen LogP contribution in [0.3, 0.4) is 0 Å². The molecular formula is C23H26N6O3. The van der Waals surface area contributed by atoms with Crippen LogP contribution in [0.2, 0.25) is 0 Å². The van der Waals surface area contributed by atoms with Crippen molar-refractivity contribution < 1.29 is 14.3 Å². The molecule has 0 radical (unpaired) electrons. The first-order chi connectivity index (χ1) is 15.3. The van der Waals surface area contributed by atoms with E-state index >= 15 is 0 Å². The highest BCUT2D eigenvalue weighted by molar-refractivity contribution is 5.93. The van der Waals surface area contributed by atoms with E-state index in [1.807, 2.05) is 13.0 Å². The topological polar surface area (TPSA) is 103 Å². The van der Waals surface area contributed by atoms with Crippen LogP contribution in [0.15, 0.2) is 36.7 Å². The standard InChI is InChI=1S/C23H26N6O3/c1-14-15(2)26-21-19(14)20(24-13-25-21)16-8-10-29(11-9-16)22(30)27-17-6-5-7-18(12-17)32-23(31)28(3)4/h5-8,12-13H,9-11H2,1-4H3,(H,27,30)(H,24,25,26). The molecule has 1 aliphatic rings. The Balaban J connectivity index is 1.45. The van der Waals surface area contributed by atoms with Gasteiger partial charge in [0.1, 0.15) is 17.7 Å². The van der Waals surface area contributed by atoms with Crippen molar-refractivity contribution in [2.75, 3.05) is 32.5 Å². The molecular weight excluding hydrogens is 408 g/mol. The van der Waals surface area contributed by atoms with E-state index in [0.29, 0.717) is 30.9 Å². The summed E-state index contributed by atoms with van der Waals surface area (Å²) in [5.74, 6) is 0.368. The fraction of sp³-hybridized carbons (Fsp3) is 0.304. The van der Waals surface area contributed by atoms with Crippen molar-refractivity contribution in [2.45, 2.75) is 20.3 Å². The summed E-state index contributed by atoms with van der Waals surface area (Å²) in [5.41, 5.74) is 5.66. The Morgan fingerprint density at radius 1 is 1.22 bits per heavy atom. The highest BCUT2D eigenvalue weighted by Gasteiger charge is 2.21. The van der Waals surface area contributed by atoms with Crippen molar-refractivity contribution in [3.63, 3.8) is 0 Å². The maximum atomic E-state index is 12.8. The zero-order chi connectivity index (χ0) is 22.8. The van der Waals surface area contributed by atoms with E-state index in [9.17, 15) is 9.59 Å². The van der Waals surface area contributed by atoms with Crippen LogP contribution in [0, 0.1) is 13.8 Å². The van der Waals surface area contributed by atoms with Gasteiger partial charge in [-0.1, -0.05) is 12.1 Å². The van der Waals surface area contributed by atoms with Gasteiger partial charge in [0.25, 0.3) is 0 Å². The van der Waals surface area contributed by atoms with Gasteiger partial charge in [-0.25, -0.2) is 19.6 Å². The largest absolute Gasteiger partial charge is 0.414 e. The summed E-state index contributed by atoms with van der Waals surface area (Å²) >= 11 is 0. The molecule has 0 atom stereocenters. The fourth-order valence-corrected chi connectivity index (χ4v) is 3.64. The Hall–Kier alpha value is -3.88. The second kappa shape index (κ2) is 8.70. The van der Waals surface area contributed by atoms with Gasteiger partial charge in [-0.2, -0.15) is 0 Å². The number of anilines is 1. The third-order valence-electron chi connectivity index (χ3n) is 5.55. The molecule has 3 amide bonds. The zero-order valence-corrected chi connectivity index (χ0v) is 18.6. The molecule has 32 heavy (non-hydrogen) atoms. The molecule has 4 rings (SSSR count). The number of hydrogen-bond acceptors (Lipinski definition) is 5. The van der Waals surface area contributed by atoms with Crippen molar-refractivity contribution in [1.29, 1.82) is 0 Å². The molecule has 3 aromatic rings. The Morgan fingerprint density at radius 2 is 2.03 bits per heavy atom. The summed E-state index contributed by atoms with van der Waals surface area (Å²) in [4.78, 5) is 39.7. The Labute approximate surface area is 186 Å². The average molecular weight is 435 g/mol. The van der Waals surface area contributed by atoms with Crippen molar-refractivity contribution in [2.24, 2.45) is 0 Å². The van der Waals surface area contributed by atoms with E-state index in [4.69, 9.17) is 4.74 Å². The molecule has 1 aliphatic heterocycles. The van der Waals surface area contributed by atoms with Crippen LogP contribution >= 0.6 is 0 Å². The smallest absolute Gasteiger partial charge is 0.410 e. The van der Waals surface area contributed by atoms with Crippen LogP contribution in [0.25, 0.3) is 16.6 Å². The third-order valence-corrected chi connectivity index (χ3v) is 5.55. The summed E-state index contributed by atoms with van der Waals surface area (Å²) in [6, 6.07) is 6.56. The number of carbonyl (C=O) groups excluding carboxylic acids is 2. The molecule has 0 saturated heterocycles. The van der Waals surface area contributed by atoms with E-state index < -0.39 is 6.09 Å². The monoisotopic (exact) mass is 434 g/mol. The van der Waals surface area contributed by atoms with Gasteiger partial charge in [0.15, 0.2) is 0 Å². The SMILES string of the molecule is Cc1[nH]c2ncnc(C3=CCN(C(=O)Nc4cccc(OC(=O)N(C)C)c4)CC3)c2c1C. The Morgan fingerprint density at radius 3 is 2.75 bits per heavy atom. The summed E-state index contributed by atoms with van der Waals surface area (Å²) in [6.07, 6.45) is 3.84. The normalized spacial score (nSPS) is 13.6. The van der Waals surface area contributed by atoms with E-state index in [1.54, 1.807) is 49.6 Å². The average Bonchev–Trinajstić information content (AvgIpc) is 3.07. The molecule has 1 aromatic carbocycles. The molecule has 9 nitrogen and oxygen atoms in total. The lowest BCUT2D eigenvalue weighted by molar-refractivity contribution is 0.172. The van der Waals surface area contributed by atoms with Gasteiger partial charge < -0.3 is 24.8 Å². The minimum absolute atomic E-state index is 0.210. The quantitative estimate of drug-likeness (QED) is 0.650. The Bertz CT molecular complexity index is 1210. The predicted octanol–water partition coefficient (Wildman–Crippen LogP) is 3.96. The molecule has 2 N–H and O–H groups in total. The number of hydrogen-bond donors (Lipinski definition) is 2. The number of benzene rings is 1. The second-order valence-corrected chi connectivity index (χ2v) is 7.97. The van der Waals surface area contributed by atoms with Crippen molar-refractivity contribution in [3.8, 4) is 5.75 Å². The lowest BCUT2D eigenvalue weighted by Gasteiger charge is -2.26. The van der Waals surface area contributed by atoms with Gasteiger partial charge in [-0.15, -0.1) is 0 Å². The molecule has 166 valence electrons. The van der Waals surface area contributed by atoms with Crippen LogP contribution in [-0.4, -0.2) is 64.1 Å². The van der Waals surface area contributed by atoms with Crippen LogP contribution in [-0.2, 0) is 0 Å². The van der Waals surface area contributed by atoms with Gasteiger partial charge in [-0.05, 0) is 43.5 Å². The number of rotatable bonds is 3. The number of carbonyl (C=O) groups is 2. The zero-order valence-electron chi connectivity index (χ0n) is 18.6. The number of aryl methyl sites for hydroxylation is 2. The molecule has 0 bridgehead atoms. The predicted molar refractivity (Wildman–Crippen MR) is 123 cm³/mol. The highest BCUT2D eigenvalue weighted by Crippen LogP contribution is 2.30. The summed E-state index contributed by atoms with van der Waals surface area (Å²) in [6.45, 7) is 5.14. The summed E-state index contributed by atoms with van der Waals surface area (Å²) in [5, 5.41) is 3.91. The first-order valence-electron chi connectivity index (χ1n) is 10.4. The molecule has 0 aliphatic carbocycles. The van der Waals surface area contributed by atoms with E-state index in [-0.39, 0.29) is 6.03 Å². The molecule has 0 fully saturated rings. The van der Waals surface area contributed by atoms with E-state index in [1.165, 1.54) is 4.90 Å². The first-order valence-corrected chi connectivity index (χ1v) is 10.4. The van der Waals surface area contributed by atoms with Gasteiger partial charge in [0.05, 0.1) is 5.69 Å². The first kappa shape index (κ1) is 21.4. The maximum Gasteiger partial charge on any atom is 0.414 e. The van der Waals surface area contributed by atoms with Crippen LogP contribution < -0.4 is 10.1 Å². The number of aromatic nitrogens is 3. The van der Waals surface area contributed by atoms with E-state index in [2.05, 4.69) is 27.2 Å². The number of H-pyrrole nitrogens is 1. The van der Waals surface area contributed by atoms with E-state index in [0.717, 1.165) is 33.6 Å². The second-order valence-electron chi connectivity index (χ2n) is 7.97. The fourth-order valence-electron chi connectivity index (χ4n) is 3.64. The molecule has 0 saturated carbocycles. The number of nitrogens with zero attached hydrogens (tertiary/aromatic N) is 4. The van der Waals surface area contributed by atoms with Crippen LogP contribution in [0.4, 0.5) is 15.3 Å². The minimum Gasteiger partial charge on any atom is -0.410 e. The van der Waals surface area contributed by atoms with Gasteiger partial charge >= 0.3 is 12.1 Å². The lowest BCUT2D eigenvalue weighted by Crippen LogP contribution is -2.38. The minimum atomic E-state index is -0.478. The van der Waals surface area contributed by atoms with Gasteiger partial charge in [-0.3, -0.25) is 0 Å². The maximum absolute atomic E-state index is 12.8. The summed E-state index contributed by atoms with van der Waals surface area (Å²) in [7, 11) is 3.22. The number of amides is 3. The molecule has 3 heterocycles. The number of urea groups is 1. The number of aromatic amines is 1. The van der Waals surface area contributed by atoms with Crippen molar-refractivity contribution in [3.05, 3.63) is 53.6 Å². The third kappa shape index (κ3) is 4.27. The molecule has 2 aromatic heterocycles. The summed E-state index contributed by atoms with van der Waals surface area (Å²) < 4.78 is 5.25.